The molecule has 1 heterocycles. The van der Waals surface area contributed by atoms with Gasteiger partial charge >= 0.3 is 0 Å². The van der Waals surface area contributed by atoms with Crippen LogP contribution in [0.25, 0.3) is 0 Å². The summed E-state index contributed by atoms with van der Waals surface area (Å²) in [5, 5.41) is 9.59. The number of rotatable bonds is 4. The number of furan rings is 1. The van der Waals surface area contributed by atoms with E-state index in [2.05, 4.69) is 6.58 Å². The van der Waals surface area contributed by atoms with Gasteiger partial charge in [-0.15, -0.1) is 6.58 Å². The van der Waals surface area contributed by atoms with Crippen LogP contribution in [0, 0.1) is 0 Å². The number of aliphatic hydroxyl groups is 1. The van der Waals surface area contributed by atoms with Gasteiger partial charge in [-0.05, 0) is 12.5 Å². The van der Waals surface area contributed by atoms with E-state index in [4.69, 9.17) is 4.42 Å². The average molecular weight is 166 g/mol. The summed E-state index contributed by atoms with van der Waals surface area (Å²) in [6.45, 7) is 5.58. The molecule has 0 aliphatic rings. The monoisotopic (exact) mass is 166 g/mol. The SMILES string of the molecule is C=CCC(O)c1ccoc1CC. The van der Waals surface area contributed by atoms with E-state index in [1.165, 1.54) is 0 Å². The lowest BCUT2D eigenvalue weighted by molar-refractivity contribution is 0.179. The minimum Gasteiger partial charge on any atom is -0.469 e. The third-order valence-electron chi connectivity index (χ3n) is 1.85. The molecule has 1 aromatic heterocycles. The second-order valence-electron chi connectivity index (χ2n) is 2.69. The average Bonchev–Trinajstić information content (AvgIpc) is 2.51. The molecule has 0 amide bonds. The molecule has 0 radical (unpaired) electrons. The number of hydrogen-bond acceptors (Lipinski definition) is 2. The Hall–Kier alpha value is -1.02. The first-order valence-corrected chi connectivity index (χ1v) is 4.14. The summed E-state index contributed by atoms with van der Waals surface area (Å²) in [7, 11) is 0. The quantitative estimate of drug-likeness (QED) is 0.697. The van der Waals surface area contributed by atoms with Gasteiger partial charge in [0.1, 0.15) is 5.76 Å². The van der Waals surface area contributed by atoms with Crippen molar-refractivity contribution in [2.24, 2.45) is 0 Å². The van der Waals surface area contributed by atoms with E-state index < -0.39 is 6.10 Å². The lowest BCUT2D eigenvalue weighted by Crippen LogP contribution is -1.96. The van der Waals surface area contributed by atoms with Crippen molar-refractivity contribution in [1.29, 1.82) is 0 Å². The Bertz CT molecular complexity index is 250. The van der Waals surface area contributed by atoms with E-state index in [1.807, 2.05) is 13.0 Å². The second-order valence-corrected chi connectivity index (χ2v) is 2.69. The van der Waals surface area contributed by atoms with Crippen molar-refractivity contribution >= 4 is 0 Å². The third kappa shape index (κ3) is 1.77. The van der Waals surface area contributed by atoms with Crippen LogP contribution in [0.15, 0.2) is 29.4 Å². The molecule has 2 nitrogen and oxygen atoms in total. The summed E-state index contributed by atoms with van der Waals surface area (Å²) in [4.78, 5) is 0. The summed E-state index contributed by atoms with van der Waals surface area (Å²) in [5.41, 5.74) is 0.886. The lowest BCUT2D eigenvalue weighted by Gasteiger charge is -2.06. The number of aliphatic hydroxyl groups excluding tert-OH is 1. The molecule has 12 heavy (non-hydrogen) atoms. The molecule has 0 aromatic carbocycles. The van der Waals surface area contributed by atoms with E-state index in [-0.39, 0.29) is 0 Å². The topological polar surface area (TPSA) is 33.4 Å². The van der Waals surface area contributed by atoms with E-state index >= 15 is 0 Å². The van der Waals surface area contributed by atoms with Gasteiger partial charge in [-0.2, -0.15) is 0 Å². The van der Waals surface area contributed by atoms with Crippen LogP contribution < -0.4 is 0 Å². The van der Waals surface area contributed by atoms with Gasteiger partial charge in [0.05, 0.1) is 12.4 Å². The Balaban J connectivity index is 2.78. The van der Waals surface area contributed by atoms with Gasteiger partial charge in [0.15, 0.2) is 0 Å². The van der Waals surface area contributed by atoms with Crippen molar-refractivity contribution in [2.45, 2.75) is 25.9 Å². The third-order valence-corrected chi connectivity index (χ3v) is 1.85. The van der Waals surface area contributed by atoms with Crippen molar-refractivity contribution in [3.8, 4) is 0 Å². The van der Waals surface area contributed by atoms with Gasteiger partial charge in [-0.1, -0.05) is 13.0 Å². The molecule has 0 aliphatic heterocycles. The highest BCUT2D eigenvalue weighted by Crippen LogP contribution is 2.22. The molecule has 0 aliphatic carbocycles. The van der Waals surface area contributed by atoms with Crippen molar-refractivity contribution in [3.63, 3.8) is 0 Å². The largest absolute Gasteiger partial charge is 0.469 e. The highest BCUT2D eigenvalue weighted by atomic mass is 16.3. The van der Waals surface area contributed by atoms with Gasteiger partial charge in [-0.25, -0.2) is 0 Å². The molecule has 1 N–H and O–H groups in total. The first-order chi connectivity index (χ1) is 5.79. The maximum absolute atomic E-state index is 9.59. The predicted molar refractivity (Wildman–Crippen MR) is 47.9 cm³/mol. The summed E-state index contributed by atoms with van der Waals surface area (Å²) < 4.78 is 5.19. The Morgan fingerprint density at radius 1 is 1.75 bits per heavy atom. The van der Waals surface area contributed by atoms with Crippen LogP contribution in [0.5, 0.6) is 0 Å². The Kier molecular flexibility index (Phi) is 3.11. The van der Waals surface area contributed by atoms with E-state index in [9.17, 15) is 5.11 Å². The minimum atomic E-state index is -0.462. The molecule has 1 aromatic rings. The van der Waals surface area contributed by atoms with Crippen molar-refractivity contribution in [2.75, 3.05) is 0 Å². The molecule has 0 saturated heterocycles. The van der Waals surface area contributed by atoms with Crippen molar-refractivity contribution in [1.82, 2.24) is 0 Å². The Morgan fingerprint density at radius 2 is 2.50 bits per heavy atom. The number of aryl methyl sites for hydroxylation is 1. The molecule has 0 fully saturated rings. The molecular weight excluding hydrogens is 152 g/mol. The first-order valence-electron chi connectivity index (χ1n) is 4.14. The van der Waals surface area contributed by atoms with Crippen LogP contribution in [0.3, 0.4) is 0 Å². The van der Waals surface area contributed by atoms with E-state index in [1.54, 1.807) is 12.3 Å². The van der Waals surface area contributed by atoms with E-state index in [0.29, 0.717) is 6.42 Å². The van der Waals surface area contributed by atoms with Crippen molar-refractivity contribution < 1.29 is 9.52 Å². The van der Waals surface area contributed by atoms with E-state index in [0.717, 1.165) is 17.7 Å². The molecule has 1 unspecified atom stereocenters. The zero-order valence-corrected chi connectivity index (χ0v) is 7.29. The fourth-order valence-electron chi connectivity index (χ4n) is 1.22. The second kappa shape index (κ2) is 4.12. The molecule has 0 spiro atoms. The highest BCUT2D eigenvalue weighted by molar-refractivity contribution is 5.20. The van der Waals surface area contributed by atoms with Gasteiger partial charge in [0.2, 0.25) is 0 Å². The van der Waals surface area contributed by atoms with Crippen LogP contribution in [-0.2, 0) is 6.42 Å². The lowest BCUT2D eigenvalue weighted by atomic mass is 10.1. The minimum absolute atomic E-state index is 0.462. The first kappa shape index (κ1) is 9.07. The van der Waals surface area contributed by atoms with Crippen LogP contribution in [0.1, 0.15) is 30.8 Å². The van der Waals surface area contributed by atoms with Gasteiger partial charge in [0.25, 0.3) is 0 Å². The maximum atomic E-state index is 9.59. The molecule has 1 atom stereocenters. The fraction of sp³-hybridized carbons (Fsp3) is 0.400. The smallest absolute Gasteiger partial charge is 0.109 e. The Morgan fingerprint density at radius 3 is 3.08 bits per heavy atom. The molecular formula is C10H14O2. The normalized spacial score (nSPS) is 12.8. The zero-order chi connectivity index (χ0) is 8.97. The van der Waals surface area contributed by atoms with Gasteiger partial charge in [0, 0.05) is 12.0 Å². The zero-order valence-electron chi connectivity index (χ0n) is 7.29. The Labute approximate surface area is 72.5 Å². The standard InChI is InChI=1S/C10H14O2/c1-3-5-9(11)8-6-7-12-10(8)4-2/h3,6-7,9,11H,1,4-5H2,2H3. The van der Waals surface area contributed by atoms with Crippen LogP contribution in [-0.4, -0.2) is 5.11 Å². The predicted octanol–water partition coefficient (Wildman–Crippen LogP) is 2.45. The highest BCUT2D eigenvalue weighted by Gasteiger charge is 2.11. The summed E-state index contributed by atoms with van der Waals surface area (Å²) in [6, 6.07) is 1.81. The fourth-order valence-corrected chi connectivity index (χ4v) is 1.22. The number of hydrogen-bond donors (Lipinski definition) is 1. The molecule has 1 rings (SSSR count). The maximum Gasteiger partial charge on any atom is 0.109 e. The van der Waals surface area contributed by atoms with Crippen molar-refractivity contribution in [3.05, 3.63) is 36.3 Å². The summed E-state index contributed by atoms with van der Waals surface area (Å²) in [5.74, 6) is 0.865. The van der Waals surface area contributed by atoms with Crippen LogP contribution in [0.4, 0.5) is 0 Å². The van der Waals surface area contributed by atoms with Gasteiger partial charge in [-0.3, -0.25) is 0 Å². The molecule has 0 saturated carbocycles. The van der Waals surface area contributed by atoms with Crippen LogP contribution in [0.2, 0.25) is 0 Å². The summed E-state index contributed by atoms with van der Waals surface area (Å²) >= 11 is 0. The molecule has 66 valence electrons. The van der Waals surface area contributed by atoms with Crippen LogP contribution >= 0.6 is 0 Å². The summed E-state index contributed by atoms with van der Waals surface area (Å²) in [6.07, 6.45) is 4.25. The van der Waals surface area contributed by atoms with Gasteiger partial charge < -0.3 is 9.52 Å². The molecule has 0 bridgehead atoms. The molecule has 2 heteroatoms.